The molecule has 0 aromatic heterocycles. The highest BCUT2D eigenvalue weighted by Crippen LogP contribution is 2.15. The van der Waals surface area contributed by atoms with Crippen molar-refractivity contribution in [1.29, 1.82) is 0 Å². The van der Waals surface area contributed by atoms with E-state index >= 15 is 0 Å². The van der Waals surface area contributed by atoms with Crippen molar-refractivity contribution >= 4 is 15.9 Å². The van der Waals surface area contributed by atoms with E-state index in [2.05, 4.69) is 10.0 Å². The first kappa shape index (κ1) is 21.7. The summed E-state index contributed by atoms with van der Waals surface area (Å²) in [5, 5.41) is 2.82. The summed E-state index contributed by atoms with van der Waals surface area (Å²) in [6, 6.07) is 21.5. The van der Waals surface area contributed by atoms with Crippen LogP contribution in [0.15, 0.2) is 89.8 Å². The predicted molar refractivity (Wildman–Crippen MR) is 114 cm³/mol. The highest BCUT2D eigenvalue weighted by molar-refractivity contribution is 7.89. The molecule has 2 N–H and O–H groups in total. The van der Waals surface area contributed by atoms with Gasteiger partial charge in [-0.3, -0.25) is 4.79 Å². The Kier molecular flexibility index (Phi) is 6.97. The van der Waals surface area contributed by atoms with Crippen molar-refractivity contribution in [3.8, 4) is 0 Å². The first-order valence-electron chi connectivity index (χ1n) is 9.52. The zero-order valence-electron chi connectivity index (χ0n) is 16.5. The summed E-state index contributed by atoms with van der Waals surface area (Å²) >= 11 is 0. The zero-order chi connectivity index (χ0) is 21.6. The molecule has 3 rings (SSSR count). The minimum absolute atomic E-state index is 0.0856. The lowest BCUT2D eigenvalue weighted by atomic mass is 10.0. The van der Waals surface area contributed by atoms with Crippen molar-refractivity contribution < 1.29 is 17.6 Å². The van der Waals surface area contributed by atoms with Gasteiger partial charge in [-0.25, -0.2) is 12.8 Å². The van der Waals surface area contributed by atoms with Crippen LogP contribution in [0.5, 0.6) is 0 Å². The minimum atomic E-state index is -3.89. The molecule has 7 heteroatoms. The number of hydrogen-bond acceptors (Lipinski definition) is 3. The van der Waals surface area contributed by atoms with Crippen LogP contribution in [0, 0.1) is 5.82 Å². The molecule has 3 aromatic rings. The van der Waals surface area contributed by atoms with Gasteiger partial charge in [0.05, 0.1) is 10.9 Å². The molecular weight excluding hydrogens is 403 g/mol. The molecule has 0 aliphatic carbocycles. The van der Waals surface area contributed by atoms with E-state index in [0.29, 0.717) is 5.56 Å². The van der Waals surface area contributed by atoms with Crippen LogP contribution in [-0.4, -0.2) is 20.4 Å². The second-order valence-corrected chi connectivity index (χ2v) is 8.67. The van der Waals surface area contributed by atoms with E-state index < -0.39 is 28.0 Å². The Bertz CT molecular complexity index is 1070. The van der Waals surface area contributed by atoms with Crippen LogP contribution >= 0.6 is 0 Å². The third kappa shape index (κ3) is 5.75. The molecule has 3 aromatic carbocycles. The van der Waals surface area contributed by atoms with Gasteiger partial charge in [-0.2, -0.15) is 4.72 Å². The molecule has 30 heavy (non-hydrogen) atoms. The molecule has 0 radical (unpaired) electrons. The van der Waals surface area contributed by atoms with Gasteiger partial charge >= 0.3 is 0 Å². The fourth-order valence-corrected chi connectivity index (χ4v) is 4.26. The summed E-state index contributed by atoms with van der Waals surface area (Å²) in [6.07, 6.45) is 0.189. The molecule has 0 fully saturated rings. The summed E-state index contributed by atoms with van der Waals surface area (Å²) in [6.45, 7) is 1.76. The Morgan fingerprint density at radius 2 is 1.47 bits per heavy atom. The maximum Gasteiger partial charge on any atom is 0.241 e. The van der Waals surface area contributed by atoms with E-state index in [1.807, 2.05) is 30.3 Å². The molecule has 0 heterocycles. The Morgan fingerprint density at radius 1 is 0.900 bits per heavy atom. The maximum atomic E-state index is 13.2. The fraction of sp³-hybridized carbons (Fsp3) is 0.174. The van der Waals surface area contributed by atoms with Crippen LogP contribution in [0.25, 0.3) is 0 Å². The second kappa shape index (κ2) is 9.65. The number of nitrogens with one attached hydrogen (secondary N) is 2. The average molecular weight is 427 g/mol. The second-order valence-electron chi connectivity index (χ2n) is 6.96. The van der Waals surface area contributed by atoms with Gasteiger partial charge in [0.25, 0.3) is 0 Å². The van der Waals surface area contributed by atoms with Crippen LogP contribution in [0.4, 0.5) is 4.39 Å². The molecule has 156 valence electrons. The molecule has 0 saturated heterocycles. The summed E-state index contributed by atoms with van der Waals surface area (Å²) < 4.78 is 41.3. The van der Waals surface area contributed by atoms with E-state index in [4.69, 9.17) is 0 Å². The van der Waals surface area contributed by atoms with Crippen molar-refractivity contribution in [3.05, 3.63) is 102 Å². The molecule has 1 amide bonds. The molecule has 2 atom stereocenters. The van der Waals surface area contributed by atoms with Crippen molar-refractivity contribution in [1.82, 2.24) is 10.0 Å². The van der Waals surface area contributed by atoms with E-state index in [-0.39, 0.29) is 17.1 Å². The van der Waals surface area contributed by atoms with Gasteiger partial charge in [0.15, 0.2) is 0 Å². The first-order valence-corrected chi connectivity index (χ1v) is 11.0. The number of halogens is 1. The Labute approximate surface area is 176 Å². The number of benzene rings is 3. The SMILES string of the molecule is C[C@H](NC(=O)[C@@H](Cc1ccccc1)NS(=O)(=O)c1ccccc1)c1ccc(F)cc1. The third-order valence-corrected chi connectivity index (χ3v) is 6.17. The van der Waals surface area contributed by atoms with Gasteiger partial charge in [0, 0.05) is 0 Å². The largest absolute Gasteiger partial charge is 0.348 e. The first-order chi connectivity index (χ1) is 14.3. The number of sulfonamides is 1. The molecule has 5 nitrogen and oxygen atoms in total. The summed E-state index contributed by atoms with van der Waals surface area (Å²) in [5.74, 6) is -0.829. The van der Waals surface area contributed by atoms with Gasteiger partial charge in [-0.1, -0.05) is 60.7 Å². The van der Waals surface area contributed by atoms with Crippen LogP contribution in [-0.2, 0) is 21.2 Å². The summed E-state index contributed by atoms with van der Waals surface area (Å²) in [5.41, 5.74) is 1.54. The third-order valence-electron chi connectivity index (χ3n) is 4.68. The highest BCUT2D eigenvalue weighted by Gasteiger charge is 2.27. The zero-order valence-corrected chi connectivity index (χ0v) is 17.3. The summed E-state index contributed by atoms with van der Waals surface area (Å²) in [7, 11) is -3.89. The van der Waals surface area contributed by atoms with E-state index in [1.54, 1.807) is 37.3 Å². The average Bonchev–Trinajstić information content (AvgIpc) is 2.75. The van der Waals surface area contributed by atoms with E-state index in [9.17, 15) is 17.6 Å². The molecule has 0 aliphatic rings. The lowest BCUT2D eigenvalue weighted by molar-refractivity contribution is -0.123. The van der Waals surface area contributed by atoms with Crippen LogP contribution in [0.3, 0.4) is 0 Å². The Morgan fingerprint density at radius 3 is 2.07 bits per heavy atom. The van der Waals surface area contributed by atoms with Gasteiger partial charge < -0.3 is 5.32 Å². The number of hydrogen-bond donors (Lipinski definition) is 2. The van der Waals surface area contributed by atoms with Crippen molar-refractivity contribution in [2.45, 2.75) is 30.3 Å². The number of carbonyl (C=O) groups is 1. The fourth-order valence-electron chi connectivity index (χ4n) is 3.04. The smallest absolute Gasteiger partial charge is 0.241 e. The lowest BCUT2D eigenvalue weighted by Crippen LogP contribution is -2.48. The Balaban J connectivity index is 1.81. The van der Waals surface area contributed by atoms with E-state index in [1.165, 1.54) is 24.3 Å². The monoisotopic (exact) mass is 426 g/mol. The highest BCUT2D eigenvalue weighted by atomic mass is 32.2. The predicted octanol–water partition coefficient (Wildman–Crippen LogP) is 3.59. The van der Waals surface area contributed by atoms with Crippen LogP contribution in [0.1, 0.15) is 24.1 Å². The maximum absolute atomic E-state index is 13.2. The minimum Gasteiger partial charge on any atom is -0.348 e. The normalized spacial score (nSPS) is 13.4. The number of amides is 1. The molecular formula is C23H23FN2O3S. The van der Waals surface area contributed by atoms with Crippen molar-refractivity contribution in [2.24, 2.45) is 0 Å². The van der Waals surface area contributed by atoms with Crippen molar-refractivity contribution in [3.63, 3.8) is 0 Å². The van der Waals surface area contributed by atoms with Crippen LogP contribution < -0.4 is 10.0 Å². The topological polar surface area (TPSA) is 75.3 Å². The summed E-state index contributed by atoms with van der Waals surface area (Å²) in [4.78, 5) is 13.1. The van der Waals surface area contributed by atoms with Gasteiger partial charge in [-0.15, -0.1) is 0 Å². The Hall–Kier alpha value is -3.03. The van der Waals surface area contributed by atoms with Gasteiger partial charge in [0.2, 0.25) is 15.9 Å². The molecule has 0 spiro atoms. The standard InChI is InChI=1S/C23H23FN2O3S/c1-17(19-12-14-20(24)15-13-19)25-23(27)22(16-18-8-4-2-5-9-18)26-30(28,29)21-10-6-3-7-11-21/h2-15,17,22,26H,16H2,1H3,(H,25,27)/t17-,22+/m0/s1. The van der Waals surface area contributed by atoms with Gasteiger partial charge in [-0.05, 0) is 48.7 Å². The molecule has 0 bridgehead atoms. The van der Waals surface area contributed by atoms with Gasteiger partial charge in [0.1, 0.15) is 11.9 Å². The molecule has 0 unspecified atom stereocenters. The van der Waals surface area contributed by atoms with Crippen LogP contribution in [0.2, 0.25) is 0 Å². The van der Waals surface area contributed by atoms with E-state index in [0.717, 1.165) is 5.56 Å². The number of rotatable bonds is 8. The molecule has 0 saturated carbocycles. The quantitative estimate of drug-likeness (QED) is 0.578. The van der Waals surface area contributed by atoms with Crippen molar-refractivity contribution in [2.75, 3.05) is 0 Å². The number of carbonyl (C=O) groups excluding carboxylic acids is 1. The molecule has 0 aliphatic heterocycles. The lowest BCUT2D eigenvalue weighted by Gasteiger charge is -2.22.